The monoisotopic (exact) mass is 1150 g/mol. The summed E-state index contributed by atoms with van der Waals surface area (Å²) in [5.41, 5.74) is 3.30. The predicted molar refractivity (Wildman–Crippen MR) is 308 cm³/mol. The molecule has 1 unspecified atom stereocenters. The van der Waals surface area contributed by atoms with Gasteiger partial charge in [-0.3, -0.25) is 0 Å². The number of aromatic carboxylic acids is 4. The van der Waals surface area contributed by atoms with Gasteiger partial charge in [-0.1, -0.05) is 83.2 Å². The molecule has 0 heterocycles. The van der Waals surface area contributed by atoms with Crippen LogP contribution in [0.25, 0.3) is 5.57 Å². The fourth-order valence-corrected chi connectivity index (χ4v) is 16.6. The number of halogens is 2. The van der Waals surface area contributed by atoms with Crippen LogP contribution in [0.1, 0.15) is 199 Å². The Bertz CT molecular complexity index is 2860. The number of carbonyl (C=O) groups is 4. The minimum atomic E-state index is -1.27. The fraction of sp³-hybridized carbons (Fsp3) is 0.538. The third kappa shape index (κ3) is 12.8. The van der Waals surface area contributed by atoms with Gasteiger partial charge in [0.2, 0.25) is 0 Å². The van der Waals surface area contributed by atoms with Crippen LogP contribution in [0.5, 0.6) is 23.0 Å². The number of rotatable bonds is 22. The topological polar surface area (TPSA) is 186 Å². The molecular formula is C65H80Cl2NaO12+. The van der Waals surface area contributed by atoms with E-state index in [1.807, 2.05) is 0 Å². The Kier molecular flexibility index (Phi) is 20.6. The van der Waals surface area contributed by atoms with Crippen LogP contribution in [0, 0.1) is 58.2 Å². The molecule has 0 radical (unpaired) electrons. The van der Waals surface area contributed by atoms with Gasteiger partial charge in [0, 0.05) is 12.8 Å². The molecule has 426 valence electrons. The van der Waals surface area contributed by atoms with Crippen LogP contribution in [0.15, 0.2) is 54.6 Å². The number of carboxylic acids is 4. The normalized spacial score (nSPS) is 24.3. The summed E-state index contributed by atoms with van der Waals surface area (Å²) >= 11 is 13.2. The molecule has 0 amide bonds. The van der Waals surface area contributed by atoms with Crippen LogP contribution in [0.4, 0.5) is 0 Å². The molecule has 4 N–H and O–H groups in total. The van der Waals surface area contributed by atoms with Crippen LogP contribution in [-0.4, -0.2) is 72.7 Å². The molecule has 8 rings (SSSR count). The van der Waals surface area contributed by atoms with Gasteiger partial charge in [-0.2, -0.15) is 0 Å². The fourth-order valence-electron chi connectivity index (χ4n) is 15.9. The second kappa shape index (κ2) is 26.2. The summed E-state index contributed by atoms with van der Waals surface area (Å²) in [6.07, 6.45) is 19.0. The summed E-state index contributed by atoms with van der Waals surface area (Å²) in [6, 6.07) is 12.6. The summed E-state index contributed by atoms with van der Waals surface area (Å²) in [6.45, 7) is 12.5. The first-order valence-corrected chi connectivity index (χ1v) is 29.1. The zero-order valence-corrected chi connectivity index (χ0v) is 52.0. The Labute approximate surface area is 504 Å². The van der Waals surface area contributed by atoms with Gasteiger partial charge in [0.05, 0.1) is 38.5 Å². The molecule has 4 fully saturated rings. The number of allylic oxidation sites excluding steroid dienone is 1. The Morgan fingerprint density at radius 1 is 0.600 bits per heavy atom. The number of methoxy groups -OCH3 is 4. The number of ether oxygens (including phenoxy) is 4. The van der Waals surface area contributed by atoms with Crippen molar-refractivity contribution in [3.63, 3.8) is 0 Å². The maximum Gasteiger partial charge on any atom is 1.00 e. The molecule has 0 bridgehead atoms. The van der Waals surface area contributed by atoms with E-state index < -0.39 is 23.9 Å². The molecule has 4 aromatic carbocycles. The van der Waals surface area contributed by atoms with Gasteiger partial charge in [-0.25, -0.2) is 19.2 Å². The Hall–Kier alpha value is -4.72. The first kappa shape index (κ1) is 62.9. The van der Waals surface area contributed by atoms with E-state index in [0.29, 0.717) is 68.0 Å². The second-order valence-electron chi connectivity index (χ2n) is 24.3. The Balaban J connectivity index is 0.00000924. The minimum Gasteiger partial charge on any atom is -0.496 e. The molecule has 4 saturated carbocycles. The van der Waals surface area contributed by atoms with Gasteiger partial charge < -0.3 is 39.4 Å². The van der Waals surface area contributed by atoms with Crippen molar-refractivity contribution in [2.24, 2.45) is 58.2 Å². The number of fused-ring (bicyclic) bond motifs is 5. The number of carboxylic acid groups (broad SMARTS) is 4. The van der Waals surface area contributed by atoms with E-state index in [4.69, 9.17) is 42.1 Å². The predicted octanol–water partition coefficient (Wildman–Crippen LogP) is 13.0. The molecule has 0 spiro atoms. The van der Waals surface area contributed by atoms with Gasteiger partial charge in [-0.15, -0.1) is 0 Å². The summed E-state index contributed by atoms with van der Waals surface area (Å²) in [4.78, 5) is 51.3. The molecule has 12 nitrogen and oxygen atoms in total. The van der Waals surface area contributed by atoms with Crippen LogP contribution >= 0.6 is 23.2 Å². The molecule has 4 aromatic rings. The van der Waals surface area contributed by atoms with Crippen molar-refractivity contribution < 1.29 is 88.1 Å². The summed E-state index contributed by atoms with van der Waals surface area (Å²) < 4.78 is 22.2. The van der Waals surface area contributed by atoms with Crippen molar-refractivity contribution in [3.8, 4) is 23.0 Å². The number of hydrogen-bond donors (Lipinski definition) is 4. The van der Waals surface area contributed by atoms with E-state index in [1.165, 1.54) is 117 Å². The number of hydrogen-bond acceptors (Lipinski definition) is 8. The van der Waals surface area contributed by atoms with Crippen molar-refractivity contribution in [3.05, 3.63) is 120 Å². The smallest absolute Gasteiger partial charge is 0.496 e. The quantitative estimate of drug-likeness (QED) is 0.0547. The first-order valence-electron chi connectivity index (χ1n) is 28.4. The number of benzene rings is 4. The molecule has 4 aliphatic carbocycles. The standard InChI is InChI=1S/C65H80Cl2O12.Na/c1-35(2)12-10-13-36(3)51-18-19-52-46-17-16-44-26-37(20-22-64(44,4)53(46)21-23-65(51,52)5)14-11-15-45(40-31-42(56(76-6)49(33-40)62(72)73)24-38-27-47(60(68)69)58(78-8)54(66)29-38)41-32-43(57(77-7)50(34-41)63(74)75)25-39-28-48(61(70)71)59(79-9)55(67)30-39;/h15,27-37,44,46,51-53H,10-14,16-26H2,1-9H3,(H,68,69)(H,70,71)(H,72,73)(H,74,75);/q;+1/t36?,37-,44-,46-,51+,52-,53-,64-,65+;/m0./s1. The average molecular weight is 1150 g/mol. The molecule has 15 heteroatoms. The van der Waals surface area contributed by atoms with Crippen LogP contribution in [0.2, 0.25) is 10.0 Å². The first-order chi connectivity index (χ1) is 37.6. The van der Waals surface area contributed by atoms with Crippen molar-refractivity contribution in [2.75, 3.05) is 28.4 Å². The second-order valence-corrected chi connectivity index (χ2v) is 25.2. The Morgan fingerprint density at radius 2 is 1.07 bits per heavy atom. The summed E-state index contributed by atoms with van der Waals surface area (Å²) in [7, 11) is 5.40. The van der Waals surface area contributed by atoms with E-state index >= 15 is 0 Å². The summed E-state index contributed by atoms with van der Waals surface area (Å²) in [5, 5.41) is 41.9. The maximum atomic E-state index is 13.3. The van der Waals surface area contributed by atoms with Gasteiger partial charge in [0.1, 0.15) is 33.8 Å². The molecule has 0 aromatic heterocycles. The van der Waals surface area contributed by atoms with Crippen molar-refractivity contribution >= 4 is 52.7 Å². The van der Waals surface area contributed by atoms with Crippen molar-refractivity contribution in [1.29, 1.82) is 0 Å². The minimum absolute atomic E-state index is 0. The third-order valence-electron chi connectivity index (χ3n) is 19.6. The van der Waals surface area contributed by atoms with E-state index in [-0.39, 0.29) is 97.7 Å². The van der Waals surface area contributed by atoms with E-state index in [0.717, 1.165) is 54.8 Å². The largest absolute Gasteiger partial charge is 1.00 e. The SMILES string of the molecule is COc1c(Cl)cc(Cc2cc(C(=CCC[C@H]3CC[C@@]4(C)[C@@H](CC[C@@H]5[C@@H]4CC[C@]4(C)[C@@H](C(C)CCCC(C)C)CC[C@@H]54)C3)c3cc(Cc4cc(Cl)c(OC)c(C(=O)O)c4)c(OC)c(C(=O)O)c3)cc(C(=O)O)c2OC)cc1C(=O)O.[Na+]. The molecule has 0 aliphatic heterocycles. The molecule has 80 heavy (non-hydrogen) atoms. The van der Waals surface area contributed by atoms with Gasteiger partial charge in [0.25, 0.3) is 0 Å². The third-order valence-corrected chi connectivity index (χ3v) is 20.1. The molecule has 0 saturated heterocycles. The van der Waals surface area contributed by atoms with E-state index in [9.17, 15) is 39.6 Å². The van der Waals surface area contributed by atoms with E-state index in [1.54, 1.807) is 24.3 Å². The van der Waals surface area contributed by atoms with Crippen LogP contribution in [-0.2, 0) is 12.8 Å². The summed E-state index contributed by atoms with van der Waals surface area (Å²) in [5.74, 6) is 0.861. The van der Waals surface area contributed by atoms with Gasteiger partial charge in [-0.05, 0) is 216 Å². The zero-order chi connectivity index (χ0) is 57.2. The van der Waals surface area contributed by atoms with Crippen molar-refractivity contribution in [2.45, 2.75) is 137 Å². The van der Waals surface area contributed by atoms with Gasteiger partial charge >= 0.3 is 53.4 Å². The average Bonchev–Trinajstić information content (AvgIpc) is 3.92. The molecule has 9 atom stereocenters. The molecule has 4 aliphatic rings. The van der Waals surface area contributed by atoms with E-state index in [2.05, 4.69) is 40.7 Å². The Morgan fingerprint density at radius 3 is 1.55 bits per heavy atom. The zero-order valence-electron chi connectivity index (χ0n) is 48.4. The van der Waals surface area contributed by atoms with Crippen LogP contribution < -0.4 is 48.5 Å². The van der Waals surface area contributed by atoms with Gasteiger partial charge in [0.15, 0.2) is 11.5 Å². The van der Waals surface area contributed by atoms with Crippen LogP contribution in [0.3, 0.4) is 0 Å². The maximum absolute atomic E-state index is 13.3. The van der Waals surface area contributed by atoms with Crippen molar-refractivity contribution in [1.82, 2.24) is 0 Å². The molecular weight excluding hydrogens is 1070 g/mol.